The zero-order chi connectivity index (χ0) is 20.1. The second kappa shape index (κ2) is 8.92. The minimum Gasteiger partial charge on any atom is -0.486 e. The van der Waals surface area contributed by atoms with Crippen molar-refractivity contribution >= 4 is 23.4 Å². The molecule has 29 heavy (non-hydrogen) atoms. The van der Waals surface area contributed by atoms with Gasteiger partial charge in [-0.1, -0.05) is 17.7 Å². The molecule has 4 rings (SSSR count). The lowest BCUT2D eigenvalue weighted by atomic mass is 10.2. The fourth-order valence-electron chi connectivity index (χ4n) is 2.81. The van der Waals surface area contributed by atoms with E-state index in [0.717, 1.165) is 33.6 Å². The van der Waals surface area contributed by atoms with Gasteiger partial charge in [0.2, 0.25) is 5.91 Å². The molecular weight excluding hydrogens is 386 g/mol. The molecule has 1 aliphatic heterocycles. The van der Waals surface area contributed by atoms with Gasteiger partial charge in [-0.25, -0.2) is 0 Å². The van der Waals surface area contributed by atoms with E-state index in [0.29, 0.717) is 19.0 Å². The summed E-state index contributed by atoms with van der Waals surface area (Å²) in [7, 11) is 0. The van der Waals surface area contributed by atoms with Crippen molar-refractivity contribution in [3.05, 3.63) is 72.3 Å². The van der Waals surface area contributed by atoms with E-state index in [1.165, 1.54) is 17.3 Å². The highest BCUT2D eigenvalue weighted by Gasteiger charge is 2.12. The summed E-state index contributed by atoms with van der Waals surface area (Å²) in [5.41, 5.74) is 1.92. The zero-order valence-electron chi connectivity index (χ0n) is 16.0. The Morgan fingerprint density at radius 1 is 0.931 bits per heavy atom. The van der Waals surface area contributed by atoms with Gasteiger partial charge in [0, 0.05) is 10.6 Å². The molecule has 0 spiro atoms. The monoisotopic (exact) mass is 407 g/mol. The summed E-state index contributed by atoms with van der Waals surface area (Å²) in [5.74, 6) is 3.21. The molecule has 1 heterocycles. The molecule has 0 radical (unpaired) electrons. The molecule has 3 aromatic rings. The second-order valence-corrected chi connectivity index (χ2v) is 7.63. The number of nitrogens with one attached hydrogen (secondary N) is 1. The largest absolute Gasteiger partial charge is 0.486 e. The maximum atomic E-state index is 12.3. The van der Waals surface area contributed by atoms with Crippen LogP contribution < -0.4 is 19.5 Å². The maximum absolute atomic E-state index is 12.3. The maximum Gasteiger partial charge on any atom is 0.234 e. The topological polar surface area (TPSA) is 56.8 Å². The van der Waals surface area contributed by atoms with E-state index in [4.69, 9.17) is 14.2 Å². The van der Waals surface area contributed by atoms with Crippen molar-refractivity contribution in [3.8, 4) is 23.0 Å². The van der Waals surface area contributed by atoms with Crippen LogP contribution in [0.1, 0.15) is 5.56 Å². The number of aryl methyl sites for hydroxylation is 1. The number of fused-ring (bicyclic) bond motifs is 1. The van der Waals surface area contributed by atoms with E-state index >= 15 is 0 Å². The van der Waals surface area contributed by atoms with Gasteiger partial charge in [-0.2, -0.15) is 0 Å². The number of thioether (sulfide) groups is 1. The van der Waals surface area contributed by atoms with Crippen LogP contribution in [-0.4, -0.2) is 24.9 Å². The molecule has 1 amide bonds. The molecular formula is C23H21NO4S. The number of anilines is 1. The first-order valence-corrected chi connectivity index (χ1v) is 10.3. The van der Waals surface area contributed by atoms with E-state index in [1.807, 2.05) is 73.7 Å². The summed E-state index contributed by atoms with van der Waals surface area (Å²) in [4.78, 5) is 13.2. The smallest absolute Gasteiger partial charge is 0.234 e. The first kappa shape index (κ1) is 19.2. The van der Waals surface area contributed by atoms with Gasteiger partial charge in [0.25, 0.3) is 0 Å². The van der Waals surface area contributed by atoms with Gasteiger partial charge in [-0.05, 0) is 61.5 Å². The minimum atomic E-state index is -0.0721. The van der Waals surface area contributed by atoms with Crippen LogP contribution in [0.15, 0.2) is 71.6 Å². The Hall–Kier alpha value is -3.12. The molecule has 0 saturated carbocycles. The van der Waals surface area contributed by atoms with Crippen molar-refractivity contribution in [3.63, 3.8) is 0 Å². The van der Waals surface area contributed by atoms with Crippen LogP contribution >= 0.6 is 11.8 Å². The molecule has 0 aromatic heterocycles. The number of rotatable bonds is 6. The lowest BCUT2D eigenvalue weighted by Gasteiger charge is -2.18. The Bertz CT molecular complexity index is 987. The minimum absolute atomic E-state index is 0.0721. The number of benzene rings is 3. The normalized spacial score (nSPS) is 12.3. The number of hydrogen-bond donors (Lipinski definition) is 1. The van der Waals surface area contributed by atoms with Crippen LogP contribution in [0.4, 0.5) is 5.69 Å². The van der Waals surface area contributed by atoms with E-state index in [-0.39, 0.29) is 5.91 Å². The Morgan fingerprint density at radius 3 is 2.31 bits per heavy atom. The van der Waals surface area contributed by atoms with Crippen LogP contribution in [-0.2, 0) is 4.79 Å². The van der Waals surface area contributed by atoms with E-state index in [1.54, 1.807) is 0 Å². The molecule has 1 aliphatic rings. The average molecular weight is 407 g/mol. The Kier molecular flexibility index (Phi) is 5.91. The molecule has 0 atom stereocenters. The molecule has 0 saturated heterocycles. The van der Waals surface area contributed by atoms with Crippen molar-refractivity contribution in [1.29, 1.82) is 0 Å². The Morgan fingerprint density at radius 2 is 1.59 bits per heavy atom. The highest BCUT2D eigenvalue weighted by Crippen LogP contribution is 2.34. The molecule has 3 aromatic carbocycles. The van der Waals surface area contributed by atoms with Crippen LogP contribution in [0.5, 0.6) is 23.0 Å². The number of amides is 1. The number of carbonyl (C=O) groups excluding carboxylic acids is 1. The Labute approximate surface area is 174 Å². The van der Waals surface area contributed by atoms with Crippen LogP contribution in [0, 0.1) is 6.92 Å². The predicted octanol–water partition coefficient (Wildman–Crippen LogP) is 5.29. The van der Waals surface area contributed by atoms with Crippen molar-refractivity contribution < 1.29 is 19.0 Å². The quantitative estimate of drug-likeness (QED) is 0.563. The molecule has 0 aliphatic carbocycles. The summed E-state index contributed by atoms with van der Waals surface area (Å²) >= 11 is 1.45. The van der Waals surface area contributed by atoms with Gasteiger partial charge in [-0.15, -0.1) is 11.8 Å². The van der Waals surface area contributed by atoms with Crippen LogP contribution in [0.2, 0.25) is 0 Å². The van der Waals surface area contributed by atoms with Gasteiger partial charge in [0.05, 0.1) is 5.75 Å². The molecule has 0 unspecified atom stereocenters. The fourth-order valence-corrected chi connectivity index (χ4v) is 3.53. The molecule has 0 fully saturated rings. The van der Waals surface area contributed by atoms with E-state index in [9.17, 15) is 4.79 Å². The third-order valence-electron chi connectivity index (χ3n) is 4.28. The highest BCUT2D eigenvalue weighted by atomic mass is 32.2. The summed E-state index contributed by atoms with van der Waals surface area (Å²) in [5, 5.41) is 2.90. The molecule has 1 N–H and O–H groups in total. The van der Waals surface area contributed by atoms with Crippen molar-refractivity contribution in [1.82, 2.24) is 0 Å². The van der Waals surface area contributed by atoms with Crippen molar-refractivity contribution in [2.75, 3.05) is 24.3 Å². The standard InChI is InChI=1S/C23H21NO4S/c1-16-2-6-18(7-3-16)28-19-8-4-17(5-9-19)24-23(25)15-29-20-10-11-21-22(14-20)27-13-12-26-21/h2-11,14H,12-13,15H2,1H3,(H,24,25). The fraction of sp³-hybridized carbons (Fsp3) is 0.174. The summed E-state index contributed by atoms with van der Waals surface area (Å²) in [6.45, 7) is 3.15. The molecule has 5 nitrogen and oxygen atoms in total. The summed E-state index contributed by atoms with van der Waals surface area (Å²) < 4.78 is 16.9. The lowest BCUT2D eigenvalue weighted by Crippen LogP contribution is -2.15. The Balaban J connectivity index is 1.28. The number of ether oxygens (including phenoxy) is 3. The van der Waals surface area contributed by atoms with Crippen molar-refractivity contribution in [2.24, 2.45) is 0 Å². The van der Waals surface area contributed by atoms with Gasteiger partial charge < -0.3 is 19.5 Å². The third kappa shape index (κ3) is 5.23. The highest BCUT2D eigenvalue weighted by molar-refractivity contribution is 8.00. The first-order chi connectivity index (χ1) is 14.2. The second-order valence-electron chi connectivity index (χ2n) is 6.58. The third-order valence-corrected chi connectivity index (χ3v) is 5.27. The SMILES string of the molecule is Cc1ccc(Oc2ccc(NC(=O)CSc3ccc4c(c3)OCCO4)cc2)cc1. The van der Waals surface area contributed by atoms with Gasteiger partial charge in [-0.3, -0.25) is 4.79 Å². The molecule has 6 heteroatoms. The average Bonchev–Trinajstić information content (AvgIpc) is 2.75. The number of hydrogen-bond acceptors (Lipinski definition) is 5. The first-order valence-electron chi connectivity index (χ1n) is 9.33. The zero-order valence-corrected chi connectivity index (χ0v) is 16.8. The predicted molar refractivity (Wildman–Crippen MR) is 114 cm³/mol. The van der Waals surface area contributed by atoms with Gasteiger partial charge in [0.15, 0.2) is 11.5 Å². The van der Waals surface area contributed by atoms with Crippen LogP contribution in [0.3, 0.4) is 0 Å². The van der Waals surface area contributed by atoms with Gasteiger partial charge in [0.1, 0.15) is 24.7 Å². The lowest BCUT2D eigenvalue weighted by molar-refractivity contribution is -0.113. The molecule has 148 valence electrons. The summed E-state index contributed by atoms with van der Waals surface area (Å²) in [6, 6.07) is 20.9. The van der Waals surface area contributed by atoms with Gasteiger partial charge >= 0.3 is 0 Å². The van der Waals surface area contributed by atoms with E-state index < -0.39 is 0 Å². The van der Waals surface area contributed by atoms with E-state index in [2.05, 4.69) is 5.32 Å². The summed E-state index contributed by atoms with van der Waals surface area (Å²) in [6.07, 6.45) is 0. The molecule has 0 bridgehead atoms. The van der Waals surface area contributed by atoms with Crippen molar-refractivity contribution in [2.45, 2.75) is 11.8 Å². The number of carbonyl (C=O) groups is 1. The van der Waals surface area contributed by atoms with Crippen LogP contribution in [0.25, 0.3) is 0 Å².